The van der Waals surface area contributed by atoms with Gasteiger partial charge in [0.25, 0.3) is 5.91 Å². The Hall–Kier alpha value is -2.44. The number of benzene rings is 1. The largest absolute Gasteiger partial charge is 0.452 e. The number of amides is 1. The standard InChI is InChI=1S/C19H27N3O5S/c1-12(2)19(6,11-20)22-18(24)15(5)27-17(23)10-21-28(25,26)16-8-7-13(3)14(4)9-16/h7-9,12,15,21H,10H2,1-6H3,(H,22,24). The van der Waals surface area contributed by atoms with Crippen LogP contribution in [0.2, 0.25) is 0 Å². The van der Waals surface area contributed by atoms with Crippen molar-refractivity contribution in [3.8, 4) is 6.07 Å². The lowest BCUT2D eigenvalue weighted by Crippen LogP contribution is -2.52. The van der Waals surface area contributed by atoms with Crippen LogP contribution in [0.3, 0.4) is 0 Å². The molecule has 1 rings (SSSR count). The maximum atomic E-state index is 12.3. The number of ether oxygens (including phenoxy) is 1. The maximum absolute atomic E-state index is 12.3. The van der Waals surface area contributed by atoms with Gasteiger partial charge in [-0.25, -0.2) is 8.42 Å². The molecule has 154 valence electrons. The van der Waals surface area contributed by atoms with E-state index in [-0.39, 0.29) is 10.8 Å². The highest BCUT2D eigenvalue weighted by atomic mass is 32.2. The number of aryl methyl sites for hydroxylation is 2. The molecule has 8 nitrogen and oxygen atoms in total. The Morgan fingerprint density at radius 3 is 2.32 bits per heavy atom. The van der Waals surface area contributed by atoms with Crippen molar-refractivity contribution in [2.45, 2.75) is 58.1 Å². The van der Waals surface area contributed by atoms with Gasteiger partial charge in [0.1, 0.15) is 12.1 Å². The quantitative estimate of drug-likeness (QED) is 0.628. The van der Waals surface area contributed by atoms with Crippen LogP contribution in [0.25, 0.3) is 0 Å². The van der Waals surface area contributed by atoms with Gasteiger partial charge in [0.2, 0.25) is 10.0 Å². The van der Waals surface area contributed by atoms with Gasteiger partial charge in [-0.05, 0) is 56.9 Å². The molecule has 0 saturated carbocycles. The average molecular weight is 410 g/mol. The third-order valence-electron chi connectivity index (χ3n) is 4.64. The third kappa shape index (κ3) is 6.04. The summed E-state index contributed by atoms with van der Waals surface area (Å²) in [6, 6.07) is 6.65. The lowest BCUT2D eigenvalue weighted by atomic mass is 9.90. The number of nitrogens with one attached hydrogen (secondary N) is 2. The maximum Gasteiger partial charge on any atom is 0.321 e. The van der Waals surface area contributed by atoms with E-state index in [1.54, 1.807) is 33.8 Å². The van der Waals surface area contributed by atoms with Gasteiger partial charge in [0.15, 0.2) is 6.10 Å². The fourth-order valence-electron chi connectivity index (χ4n) is 2.07. The van der Waals surface area contributed by atoms with Crippen molar-refractivity contribution in [2.24, 2.45) is 5.92 Å². The summed E-state index contributed by atoms with van der Waals surface area (Å²) in [7, 11) is -3.89. The van der Waals surface area contributed by atoms with Gasteiger partial charge in [0, 0.05) is 0 Å². The SMILES string of the molecule is Cc1ccc(S(=O)(=O)NCC(=O)OC(C)C(=O)NC(C)(C#N)C(C)C)cc1C. The third-order valence-corrected chi connectivity index (χ3v) is 6.04. The predicted octanol–water partition coefficient (Wildman–Crippen LogP) is 1.57. The number of sulfonamides is 1. The second kappa shape index (κ2) is 9.17. The summed E-state index contributed by atoms with van der Waals surface area (Å²) in [5.41, 5.74) is 0.647. The molecule has 0 saturated heterocycles. The Labute approximate surface area is 166 Å². The summed E-state index contributed by atoms with van der Waals surface area (Å²) >= 11 is 0. The number of esters is 1. The van der Waals surface area contributed by atoms with E-state index in [9.17, 15) is 23.3 Å². The van der Waals surface area contributed by atoms with Crippen LogP contribution >= 0.6 is 0 Å². The van der Waals surface area contributed by atoms with Crippen LogP contribution in [0.5, 0.6) is 0 Å². The first-order chi connectivity index (χ1) is 12.8. The molecule has 9 heteroatoms. The van der Waals surface area contributed by atoms with E-state index in [4.69, 9.17) is 4.74 Å². The Kier molecular flexibility index (Phi) is 7.73. The van der Waals surface area contributed by atoms with Gasteiger partial charge < -0.3 is 10.1 Å². The average Bonchev–Trinajstić information content (AvgIpc) is 2.61. The molecule has 0 fully saturated rings. The smallest absolute Gasteiger partial charge is 0.321 e. The van der Waals surface area contributed by atoms with E-state index in [1.165, 1.54) is 19.1 Å². The van der Waals surface area contributed by atoms with Crippen molar-refractivity contribution < 1.29 is 22.7 Å². The molecule has 1 aromatic rings. The molecule has 2 N–H and O–H groups in total. The first kappa shape index (κ1) is 23.6. The van der Waals surface area contributed by atoms with Gasteiger partial charge in [-0.2, -0.15) is 9.98 Å². The monoisotopic (exact) mass is 409 g/mol. The molecule has 1 aromatic carbocycles. The van der Waals surface area contributed by atoms with Crippen molar-refractivity contribution in [3.63, 3.8) is 0 Å². The molecular formula is C19H27N3O5S. The minimum absolute atomic E-state index is 0.0379. The van der Waals surface area contributed by atoms with E-state index < -0.39 is 40.1 Å². The number of carbonyl (C=O) groups is 2. The Bertz CT molecular complexity index is 889. The lowest BCUT2D eigenvalue weighted by molar-refractivity contribution is -0.154. The summed E-state index contributed by atoms with van der Waals surface area (Å²) in [5.74, 6) is -1.70. The summed E-state index contributed by atoms with van der Waals surface area (Å²) < 4.78 is 31.7. The van der Waals surface area contributed by atoms with Crippen LogP contribution in [-0.4, -0.2) is 38.5 Å². The Morgan fingerprint density at radius 1 is 1.21 bits per heavy atom. The topological polar surface area (TPSA) is 125 Å². The van der Waals surface area contributed by atoms with E-state index in [0.29, 0.717) is 0 Å². The van der Waals surface area contributed by atoms with Gasteiger partial charge in [-0.3, -0.25) is 9.59 Å². The fourth-order valence-corrected chi connectivity index (χ4v) is 3.12. The number of nitriles is 1. The van der Waals surface area contributed by atoms with Crippen molar-refractivity contribution in [3.05, 3.63) is 29.3 Å². The number of nitrogens with zero attached hydrogens (tertiary/aromatic N) is 1. The minimum Gasteiger partial charge on any atom is -0.452 e. The molecular weight excluding hydrogens is 382 g/mol. The number of hydrogen-bond acceptors (Lipinski definition) is 6. The van der Waals surface area contributed by atoms with Gasteiger partial charge in [0.05, 0.1) is 11.0 Å². The first-order valence-electron chi connectivity index (χ1n) is 8.82. The normalized spacial score (nSPS) is 14.6. The molecule has 28 heavy (non-hydrogen) atoms. The van der Waals surface area contributed by atoms with E-state index in [2.05, 4.69) is 10.0 Å². The first-order valence-corrected chi connectivity index (χ1v) is 10.3. The van der Waals surface area contributed by atoms with Crippen LogP contribution in [0.4, 0.5) is 0 Å². The number of hydrogen-bond donors (Lipinski definition) is 2. The second-order valence-corrected chi connectivity index (χ2v) is 8.93. The summed E-state index contributed by atoms with van der Waals surface area (Å²) in [4.78, 5) is 24.1. The molecule has 2 atom stereocenters. The van der Waals surface area contributed by atoms with Crippen LogP contribution in [0.1, 0.15) is 38.8 Å². The highest BCUT2D eigenvalue weighted by Gasteiger charge is 2.32. The highest BCUT2D eigenvalue weighted by Crippen LogP contribution is 2.16. The van der Waals surface area contributed by atoms with E-state index in [0.717, 1.165) is 11.1 Å². The number of rotatable bonds is 8. The van der Waals surface area contributed by atoms with E-state index >= 15 is 0 Å². The predicted molar refractivity (Wildman–Crippen MR) is 104 cm³/mol. The lowest BCUT2D eigenvalue weighted by Gasteiger charge is -2.28. The zero-order valence-electron chi connectivity index (χ0n) is 17.0. The molecule has 2 unspecified atom stereocenters. The summed E-state index contributed by atoms with van der Waals surface area (Å²) in [6.45, 7) is 9.51. The summed E-state index contributed by atoms with van der Waals surface area (Å²) in [6.07, 6.45) is -1.18. The van der Waals surface area contributed by atoms with Gasteiger partial charge >= 0.3 is 5.97 Å². The second-order valence-electron chi connectivity index (χ2n) is 7.16. The molecule has 0 aromatic heterocycles. The van der Waals surface area contributed by atoms with Crippen LogP contribution < -0.4 is 10.0 Å². The zero-order chi connectivity index (χ0) is 21.7. The molecule has 0 aliphatic carbocycles. The molecule has 0 aliphatic heterocycles. The minimum atomic E-state index is -3.89. The van der Waals surface area contributed by atoms with Crippen molar-refractivity contribution in [1.82, 2.24) is 10.0 Å². The van der Waals surface area contributed by atoms with Gasteiger partial charge in [-0.1, -0.05) is 19.9 Å². The van der Waals surface area contributed by atoms with Crippen molar-refractivity contribution in [1.29, 1.82) is 5.26 Å². The highest BCUT2D eigenvalue weighted by molar-refractivity contribution is 7.89. The van der Waals surface area contributed by atoms with Gasteiger partial charge in [-0.15, -0.1) is 0 Å². The van der Waals surface area contributed by atoms with Crippen LogP contribution in [-0.2, 0) is 24.3 Å². The molecule has 0 aliphatic rings. The molecule has 0 spiro atoms. The number of carbonyl (C=O) groups excluding carboxylic acids is 2. The van der Waals surface area contributed by atoms with Crippen LogP contribution in [0.15, 0.2) is 23.1 Å². The van der Waals surface area contributed by atoms with E-state index in [1.807, 2.05) is 13.0 Å². The zero-order valence-corrected chi connectivity index (χ0v) is 17.8. The van der Waals surface area contributed by atoms with Crippen LogP contribution in [0, 0.1) is 31.1 Å². The van der Waals surface area contributed by atoms with Crippen molar-refractivity contribution >= 4 is 21.9 Å². The molecule has 0 radical (unpaired) electrons. The molecule has 0 bridgehead atoms. The fraction of sp³-hybridized carbons (Fsp3) is 0.526. The van der Waals surface area contributed by atoms with Crippen molar-refractivity contribution in [2.75, 3.05) is 6.54 Å². The molecule has 1 amide bonds. The summed E-state index contributed by atoms with van der Waals surface area (Å²) in [5, 5.41) is 11.8. The molecule has 0 heterocycles. The Balaban J connectivity index is 2.67. The Morgan fingerprint density at radius 2 is 1.82 bits per heavy atom.